The van der Waals surface area contributed by atoms with Crippen LogP contribution in [-0.2, 0) is 19.6 Å². The van der Waals surface area contributed by atoms with Crippen LogP contribution in [0.5, 0.6) is 0 Å². The van der Waals surface area contributed by atoms with Crippen molar-refractivity contribution in [3.05, 3.63) is 23.8 Å². The number of hydrogen-bond acceptors (Lipinski definition) is 5. The number of aryl methyl sites for hydroxylation is 1. The van der Waals surface area contributed by atoms with Gasteiger partial charge in [0.15, 0.2) is 0 Å². The maximum absolute atomic E-state index is 12.8. The molecule has 26 heavy (non-hydrogen) atoms. The third-order valence-electron chi connectivity index (χ3n) is 4.44. The number of nitrogens with two attached hydrogens (primary N) is 1. The highest BCUT2D eigenvalue weighted by atomic mass is 35.5. The van der Waals surface area contributed by atoms with Gasteiger partial charge in [-0.3, -0.25) is 4.79 Å². The molecule has 148 valence electrons. The Bertz CT molecular complexity index is 723. The zero-order valence-corrected chi connectivity index (χ0v) is 17.0. The lowest BCUT2D eigenvalue weighted by atomic mass is 10.2. The van der Waals surface area contributed by atoms with Crippen molar-refractivity contribution in [3.63, 3.8) is 0 Å². The Hall–Kier alpha value is -1.19. The summed E-state index contributed by atoms with van der Waals surface area (Å²) in [4.78, 5) is 12.5. The monoisotopic (exact) mass is 405 g/mol. The zero-order chi connectivity index (χ0) is 18.6. The van der Waals surface area contributed by atoms with Gasteiger partial charge in [0.1, 0.15) is 6.10 Å². The van der Waals surface area contributed by atoms with Gasteiger partial charge in [-0.15, -0.1) is 12.4 Å². The van der Waals surface area contributed by atoms with E-state index in [0.717, 1.165) is 6.42 Å². The maximum atomic E-state index is 12.8. The number of benzene rings is 1. The lowest BCUT2D eigenvalue weighted by Crippen LogP contribution is -2.31. The minimum absolute atomic E-state index is 0. The first kappa shape index (κ1) is 22.9. The predicted octanol–water partition coefficient (Wildman–Crippen LogP) is 1.89. The van der Waals surface area contributed by atoms with Crippen molar-refractivity contribution in [1.82, 2.24) is 4.31 Å². The fourth-order valence-electron chi connectivity index (χ4n) is 2.95. The molecule has 0 spiro atoms. The van der Waals surface area contributed by atoms with E-state index in [4.69, 9.17) is 10.5 Å². The van der Waals surface area contributed by atoms with E-state index < -0.39 is 16.1 Å². The molecule has 0 aromatic heterocycles. The van der Waals surface area contributed by atoms with Crippen LogP contribution in [0.25, 0.3) is 0 Å². The number of nitrogens with zero attached hydrogens (tertiary/aromatic N) is 1. The van der Waals surface area contributed by atoms with Crippen LogP contribution >= 0.6 is 12.4 Å². The summed E-state index contributed by atoms with van der Waals surface area (Å²) >= 11 is 0. The summed E-state index contributed by atoms with van der Waals surface area (Å²) in [6.07, 6.45) is 0.735. The van der Waals surface area contributed by atoms with Gasteiger partial charge >= 0.3 is 0 Å². The second kappa shape index (κ2) is 9.66. The van der Waals surface area contributed by atoms with E-state index in [0.29, 0.717) is 37.3 Å². The van der Waals surface area contributed by atoms with Crippen LogP contribution in [0.15, 0.2) is 23.1 Å². The summed E-state index contributed by atoms with van der Waals surface area (Å²) in [5.74, 6) is -0.272. The maximum Gasteiger partial charge on any atom is 0.253 e. The molecule has 1 heterocycles. The number of nitrogens with one attached hydrogen (secondary N) is 1. The topological polar surface area (TPSA) is 102 Å². The number of hydrogen-bond donors (Lipinski definition) is 2. The second-order valence-corrected chi connectivity index (χ2v) is 8.02. The lowest BCUT2D eigenvalue weighted by Gasteiger charge is -2.20. The highest BCUT2D eigenvalue weighted by molar-refractivity contribution is 7.89. The van der Waals surface area contributed by atoms with Crippen LogP contribution < -0.4 is 11.1 Å². The first-order valence-corrected chi connectivity index (χ1v) is 10.0. The van der Waals surface area contributed by atoms with Crippen molar-refractivity contribution in [2.75, 3.05) is 25.0 Å². The molecule has 0 bridgehead atoms. The molecule has 1 aliphatic rings. The van der Waals surface area contributed by atoms with Gasteiger partial charge in [0.25, 0.3) is 5.91 Å². The summed E-state index contributed by atoms with van der Waals surface area (Å²) in [7, 11) is -3.59. The number of rotatable bonds is 7. The SMILES string of the molecule is CCN(CC)S(=O)(=O)c1cc(NC(=O)[C@@H]2CC[C@H](CN)O2)ccc1C.Cl. The van der Waals surface area contributed by atoms with Crippen LogP contribution in [-0.4, -0.2) is 50.5 Å². The molecule has 0 unspecified atom stereocenters. The van der Waals surface area contributed by atoms with Crippen molar-refractivity contribution in [1.29, 1.82) is 0 Å². The molecule has 9 heteroatoms. The van der Waals surface area contributed by atoms with Crippen molar-refractivity contribution in [3.8, 4) is 0 Å². The normalized spacial score (nSPS) is 20.0. The third-order valence-corrected chi connectivity index (χ3v) is 6.63. The summed E-state index contributed by atoms with van der Waals surface area (Å²) < 4.78 is 32.5. The largest absolute Gasteiger partial charge is 0.364 e. The molecule has 1 fully saturated rings. The Morgan fingerprint density at radius 3 is 2.50 bits per heavy atom. The van der Waals surface area contributed by atoms with E-state index in [1.165, 1.54) is 10.4 Å². The minimum atomic E-state index is -3.59. The highest BCUT2D eigenvalue weighted by Crippen LogP contribution is 2.25. The molecule has 0 aliphatic carbocycles. The fourth-order valence-corrected chi connectivity index (χ4v) is 4.66. The van der Waals surface area contributed by atoms with E-state index in [9.17, 15) is 13.2 Å². The molecule has 2 rings (SSSR count). The highest BCUT2D eigenvalue weighted by Gasteiger charge is 2.30. The molecule has 1 aromatic carbocycles. The number of carbonyl (C=O) groups is 1. The van der Waals surface area contributed by atoms with Gasteiger partial charge in [0.05, 0.1) is 11.0 Å². The first-order chi connectivity index (χ1) is 11.8. The number of ether oxygens (including phenoxy) is 1. The Morgan fingerprint density at radius 2 is 1.96 bits per heavy atom. The third kappa shape index (κ3) is 4.95. The van der Waals surface area contributed by atoms with Crippen LogP contribution in [0.2, 0.25) is 0 Å². The summed E-state index contributed by atoms with van der Waals surface area (Å²) in [5.41, 5.74) is 6.65. The molecular formula is C17H28ClN3O4S. The average Bonchev–Trinajstić information content (AvgIpc) is 3.06. The molecule has 7 nitrogen and oxygen atoms in total. The van der Waals surface area contributed by atoms with Gasteiger partial charge in [0.2, 0.25) is 10.0 Å². The number of halogens is 1. The molecule has 1 aliphatic heterocycles. The Labute approximate surface area is 161 Å². The molecule has 0 saturated carbocycles. The number of anilines is 1. The standard InChI is InChI=1S/C17H27N3O4S.ClH/c1-4-20(5-2)25(22,23)16-10-13(7-6-12(16)3)19-17(21)15-9-8-14(11-18)24-15;/h6-7,10,14-15H,4-5,8-9,11,18H2,1-3H3,(H,19,21);1H/t14-,15+;/m1./s1. The van der Waals surface area contributed by atoms with E-state index in [2.05, 4.69) is 5.32 Å². The van der Waals surface area contributed by atoms with E-state index in [1.807, 2.05) is 0 Å². The van der Waals surface area contributed by atoms with Crippen molar-refractivity contribution in [2.24, 2.45) is 5.73 Å². The number of amides is 1. The second-order valence-electron chi connectivity index (χ2n) is 6.12. The van der Waals surface area contributed by atoms with Gasteiger partial charge < -0.3 is 15.8 Å². The van der Waals surface area contributed by atoms with Crippen molar-refractivity contribution >= 4 is 34.0 Å². The van der Waals surface area contributed by atoms with Crippen molar-refractivity contribution in [2.45, 2.75) is 50.7 Å². The summed E-state index contributed by atoms with van der Waals surface area (Å²) in [6.45, 7) is 6.52. The van der Waals surface area contributed by atoms with Gasteiger partial charge in [0, 0.05) is 25.3 Å². The molecule has 1 amide bonds. The quantitative estimate of drug-likeness (QED) is 0.721. The van der Waals surface area contributed by atoms with E-state index in [-0.39, 0.29) is 29.3 Å². The minimum Gasteiger partial charge on any atom is -0.364 e. The molecule has 2 atom stereocenters. The molecular weight excluding hydrogens is 378 g/mol. The van der Waals surface area contributed by atoms with Gasteiger partial charge in [-0.25, -0.2) is 8.42 Å². The Morgan fingerprint density at radius 1 is 1.31 bits per heavy atom. The van der Waals surface area contributed by atoms with E-state index in [1.54, 1.807) is 32.9 Å². The average molecular weight is 406 g/mol. The fraction of sp³-hybridized carbons (Fsp3) is 0.588. The molecule has 1 aromatic rings. The van der Waals surface area contributed by atoms with Crippen LogP contribution in [0, 0.1) is 6.92 Å². The lowest BCUT2D eigenvalue weighted by molar-refractivity contribution is -0.126. The Balaban J connectivity index is 0.00000338. The number of sulfonamides is 1. The van der Waals surface area contributed by atoms with Crippen LogP contribution in [0.3, 0.4) is 0 Å². The van der Waals surface area contributed by atoms with Crippen LogP contribution in [0.4, 0.5) is 5.69 Å². The van der Waals surface area contributed by atoms with Crippen molar-refractivity contribution < 1.29 is 17.9 Å². The summed E-state index contributed by atoms with van der Waals surface area (Å²) in [6, 6.07) is 4.91. The van der Waals surface area contributed by atoms with Gasteiger partial charge in [-0.05, 0) is 37.5 Å². The Kier molecular flexibility index (Phi) is 8.49. The van der Waals surface area contributed by atoms with E-state index >= 15 is 0 Å². The van der Waals surface area contributed by atoms with Gasteiger partial charge in [-0.1, -0.05) is 19.9 Å². The summed E-state index contributed by atoms with van der Waals surface area (Å²) in [5, 5.41) is 2.76. The van der Waals surface area contributed by atoms with Gasteiger partial charge in [-0.2, -0.15) is 4.31 Å². The van der Waals surface area contributed by atoms with Crippen LogP contribution in [0.1, 0.15) is 32.3 Å². The first-order valence-electron chi connectivity index (χ1n) is 8.60. The zero-order valence-electron chi connectivity index (χ0n) is 15.4. The predicted molar refractivity (Wildman–Crippen MR) is 104 cm³/mol. The molecule has 3 N–H and O–H groups in total. The molecule has 0 radical (unpaired) electrons. The molecule has 1 saturated heterocycles. The number of carbonyl (C=O) groups excluding carboxylic acids is 1. The smallest absolute Gasteiger partial charge is 0.253 e.